The van der Waals surface area contributed by atoms with Crippen molar-refractivity contribution in [3.8, 4) is 11.1 Å². The van der Waals surface area contributed by atoms with Gasteiger partial charge in [0.15, 0.2) is 0 Å². The maximum Gasteiger partial charge on any atom is 0.238 e. The van der Waals surface area contributed by atoms with E-state index < -0.39 is 0 Å². The Balaban J connectivity index is 1.60. The number of hydrogen-bond acceptors (Lipinski definition) is 2. The molecule has 0 aromatic heterocycles. The van der Waals surface area contributed by atoms with E-state index in [1.807, 2.05) is 54.6 Å². The summed E-state index contributed by atoms with van der Waals surface area (Å²) in [6.45, 7) is 4.17. The molecule has 2 aliphatic carbocycles. The van der Waals surface area contributed by atoms with Crippen molar-refractivity contribution in [2.24, 2.45) is 23.7 Å². The lowest BCUT2D eigenvalue weighted by molar-refractivity contribution is -0.122. The Morgan fingerprint density at radius 3 is 1.93 bits per heavy atom. The maximum absolute atomic E-state index is 13.4. The molecule has 0 spiro atoms. The van der Waals surface area contributed by atoms with Gasteiger partial charge in [0.2, 0.25) is 11.8 Å². The Morgan fingerprint density at radius 1 is 0.778 bits per heavy atom. The predicted octanol–water partition coefficient (Wildman–Crippen LogP) is 4.61. The first kappa shape index (κ1) is 16.2. The molecule has 1 saturated heterocycles. The summed E-state index contributed by atoms with van der Waals surface area (Å²) in [6.07, 6.45) is 4.26. The van der Waals surface area contributed by atoms with Crippen LogP contribution in [0, 0.1) is 23.7 Å². The highest BCUT2D eigenvalue weighted by atomic mass is 16.2. The summed E-state index contributed by atoms with van der Waals surface area (Å²) in [5, 5.41) is 0. The molecule has 0 radical (unpaired) electrons. The van der Waals surface area contributed by atoms with Crippen LogP contribution in [0.2, 0.25) is 0 Å². The number of imide groups is 1. The third-order valence-corrected chi connectivity index (χ3v) is 6.22. The molecular formula is C24H21NO2. The SMILES string of the molecule is CC(C)=C1C2C=CC1C1C(=O)N(c3ccccc3-c3ccccc3)C(=O)C21. The molecule has 2 aromatic rings. The third kappa shape index (κ3) is 2.14. The average molecular weight is 355 g/mol. The summed E-state index contributed by atoms with van der Waals surface area (Å²) in [7, 11) is 0. The first-order valence-corrected chi connectivity index (χ1v) is 9.47. The maximum atomic E-state index is 13.4. The second-order valence-electron chi connectivity index (χ2n) is 7.84. The molecule has 3 heteroatoms. The minimum absolute atomic E-state index is 0.0519. The van der Waals surface area contributed by atoms with E-state index in [1.54, 1.807) is 0 Å². The van der Waals surface area contributed by atoms with Crippen molar-refractivity contribution in [1.82, 2.24) is 0 Å². The quantitative estimate of drug-likeness (QED) is 0.583. The third-order valence-electron chi connectivity index (χ3n) is 6.22. The molecule has 5 rings (SSSR count). The molecule has 2 bridgehead atoms. The number of amides is 2. The monoisotopic (exact) mass is 355 g/mol. The van der Waals surface area contributed by atoms with Crippen molar-refractivity contribution in [2.75, 3.05) is 4.90 Å². The minimum atomic E-state index is -0.249. The van der Waals surface area contributed by atoms with Crippen LogP contribution in [0.1, 0.15) is 13.8 Å². The van der Waals surface area contributed by atoms with Gasteiger partial charge in [0.1, 0.15) is 0 Å². The van der Waals surface area contributed by atoms with Crippen LogP contribution in [0.3, 0.4) is 0 Å². The molecular weight excluding hydrogens is 334 g/mol. The summed E-state index contributed by atoms with van der Waals surface area (Å²) in [6, 6.07) is 17.6. The molecule has 3 nitrogen and oxygen atoms in total. The normalized spacial score (nSPS) is 28.2. The highest BCUT2D eigenvalue weighted by molar-refractivity contribution is 6.24. The second-order valence-corrected chi connectivity index (χ2v) is 7.84. The van der Waals surface area contributed by atoms with E-state index in [2.05, 4.69) is 26.0 Å². The fourth-order valence-corrected chi connectivity index (χ4v) is 5.20. The van der Waals surface area contributed by atoms with E-state index in [4.69, 9.17) is 0 Å². The molecule has 2 amide bonds. The van der Waals surface area contributed by atoms with Crippen LogP contribution in [-0.2, 0) is 9.59 Å². The van der Waals surface area contributed by atoms with E-state index in [0.29, 0.717) is 5.69 Å². The number of allylic oxidation sites excluding steroid dienone is 4. The number of hydrogen-bond donors (Lipinski definition) is 0. The van der Waals surface area contributed by atoms with Crippen LogP contribution in [0.5, 0.6) is 0 Å². The number of rotatable bonds is 2. The summed E-state index contributed by atoms with van der Waals surface area (Å²) in [4.78, 5) is 28.2. The van der Waals surface area contributed by atoms with E-state index in [1.165, 1.54) is 16.0 Å². The summed E-state index contributed by atoms with van der Waals surface area (Å²) in [5.41, 5.74) is 5.15. The fraction of sp³-hybridized carbons (Fsp3) is 0.250. The summed E-state index contributed by atoms with van der Waals surface area (Å²) >= 11 is 0. The average Bonchev–Trinajstić information content (AvgIpc) is 3.32. The highest BCUT2D eigenvalue weighted by Gasteiger charge is 2.62. The Kier molecular flexibility index (Phi) is 3.48. The minimum Gasteiger partial charge on any atom is -0.274 e. The van der Waals surface area contributed by atoms with Crippen LogP contribution in [0.15, 0.2) is 77.9 Å². The number of carbonyl (C=O) groups is 2. The number of nitrogens with zero attached hydrogens (tertiary/aromatic N) is 1. The van der Waals surface area contributed by atoms with Gasteiger partial charge < -0.3 is 0 Å². The van der Waals surface area contributed by atoms with Gasteiger partial charge in [-0.15, -0.1) is 0 Å². The lowest BCUT2D eigenvalue weighted by Crippen LogP contribution is -2.33. The molecule has 2 fully saturated rings. The number of carbonyl (C=O) groups excluding carboxylic acids is 2. The topological polar surface area (TPSA) is 37.4 Å². The van der Waals surface area contributed by atoms with Gasteiger partial charge in [-0.2, -0.15) is 0 Å². The van der Waals surface area contributed by atoms with E-state index >= 15 is 0 Å². The van der Waals surface area contributed by atoms with Crippen molar-refractivity contribution in [1.29, 1.82) is 0 Å². The zero-order valence-electron chi connectivity index (χ0n) is 15.4. The first-order valence-electron chi connectivity index (χ1n) is 9.47. The van der Waals surface area contributed by atoms with Gasteiger partial charge in [0.05, 0.1) is 17.5 Å². The van der Waals surface area contributed by atoms with E-state index in [-0.39, 0.29) is 35.5 Å². The van der Waals surface area contributed by atoms with Gasteiger partial charge in [-0.1, -0.05) is 71.8 Å². The Morgan fingerprint density at radius 2 is 1.33 bits per heavy atom. The largest absolute Gasteiger partial charge is 0.274 e. The standard InChI is InChI=1S/C24H21NO2/c1-14(2)20-17-12-13-18(20)22-21(17)23(26)25(24(22)27)19-11-7-6-10-16(19)15-8-4-3-5-9-15/h3-13,17-18,21-22H,1-2H3. The van der Waals surface area contributed by atoms with E-state index in [9.17, 15) is 9.59 Å². The first-order chi connectivity index (χ1) is 13.1. The Labute approximate surface area is 159 Å². The lowest BCUT2D eigenvalue weighted by Gasteiger charge is -2.22. The molecule has 1 saturated carbocycles. The number of benzene rings is 2. The van der Waals surface area contributed by atoms with Gasteiger partial charge in [-0.25, -0.2) is 4.90 Å². The molecule has 0 N–H and O–H groups in total. The molecule has 134 valence electrons. The second kappa shape index (κ2) is 5.78. The van der Waals surface area contributed by atoms with Crippen LogP contribution in [-0.4, -0.2) is 11.8 Å². The van der Waals surface area contributed by atoms with Crippen LogP contribution in [0.4, 0.5) is 5.69 Å². The zero-order valence-corrected chi connectivity index (χ0v) is 15.4. The van der Waals surface area contributed by atoms with Crippen LogP contribution in [0.25, 0.3) is 11.1 Å². The van der Waals surface area contributed by atoms with Crippen molar-refractivity contribution >= 4 is 17.5 Å². The van der Waals surface area contributed by atoms with Gasteiger partial charge in [-0.05, 0) is 25.5 Å². The Hall–Kier alpha value is -2.94. The van der Waals surface area contributed by atoms with Crippen molar-refractivity contribution in [3.63, 3.8) is 0 Å². The molecule has 2 aromatic carbocycles. The molecule has 27 heavy (non-hydrogen) atoms. The van der Waals surface area contributed by atoms with Gasteiger partial charge in [0, 0.05) is 17.4 Å². The van der Waals surface area contributed by atoms with Crippen LogP contribution >= 0.6 is 0 Å². The summed E-state index contributed by atoms with van der Waals surface area (Å²) < 4.78 is 0. The van der Waals surface area contributed by atoms with Crippen molar-refractivity contribution in [2.45, 2.75) is 13.8 Å². The molecule has 1 heterocycles. The predicted molar refractivity (Wildman–Crippen MR) is 106 cm³/mol. The molecule has 1 aliphatic heterocycles. The van der Waals surface area contributed by atoms with Crippen molar-refractivity contribution < 1.29 is 9.59 Å². The molecule has 3 aliphatic rings. The van der Waals surface area contributed by atoms with Crippen LogP contribution < -0.4 is 4.90 Å². The number of para-hydroxylation sites is 1. The molecule has 4 atom stereocenters. The lowest BCUT2D eigenvalue weighted by atomic mass is 9.85. The zero-order chi connectivity index (χ0) is 18.7. The van der Waals surface area contributed by atoms with Crippen molar-refractivity contribution in [3.05, 3.63) is 77.9 Å². The fourth-order valence-electron chi connectivity index (χ4n) is 5.20. The van der Waals surface area contributed by atoms with Gasteiger partial charge in [-0.3, -0.25) is 9.59 Å². The van der Waals surface area contributed by atoms with E-state index in [0.717, 1.165) is 11.1 Å². The smallest absolute Gasteiger partial charge is 0.238 e. The Bertz CT molecular complexity index is 980. The molecule has 4 unspecified atom stereocenters. The summed E-state index contributed by atoms with van der Waals surface area (Å²) in [5.74, 6) is -0.443. The van der Waals surface area contributed by atoms with Gasteiger partial charge in [0.25, 0.3) is 0 Å². The highest BCUT2D eigenvalue weighted by Crippen LogP contribution is 2.57. The number of anilines is 1. The number of fused-ring (bicyclic) bond motifs is 5. The van der Waals surface area contributed by atoms with Gasteiger partial charge >= 0.3 is 0 Å².